The van der Waals surface area contributed by atoms with E-state index in [4.69, 9.17) is 4.42 Å². The number of amides is 1. The Labute approximate surface area is 130 Å². The molecule has 0 N–H and O–H groups in total. The lowest BCUT2D eigenvalue weighted by Crippen LogP contribution is -2.34. The van der Waals surface area contributed by atoms with Crippen LogP contribution in [-0.4, -0.2) is 43.4 Å². The van der Waals surface area contributed by atoms with Crippen molar-refractivity contribution in [3.8, 4) is 0 Å². The van der Waals surface area contributed by atoms with Crippen LogP contribution in [-0.2, 0) is 11.3 Å². The lowest BCUT2D eigenvalue weighted by molar-refractivity contribution is -0.129. The van der Waals surface area contributed by atoms with Crippen LogP contribution in [0.15, 0.2) is 27.4 Å². The molecule has 0 bridgehead atoms. The van der Waals surface area contributed by atoms with Crippen molar-refractivity contribution in [2.24, 2.45) is 0 Å². The molecule has 2 aromatic rings. The minimum Gasteiger partial charge on any atom is -0.423 e. The Morgan fingerprint density at radius 3 is 2.36 bits per heavy atom. The van der Waals surface area contributed by atoms with E-state index >= 15 is 0 Å². The zero-order valence-corrected chi connectivity index (χ0v) is 13.8. The van der Waals surface area contributed by atoms with Crippen molar-refractivity contribution in [1.29, 1.82) is 0 Å². The summed E-state index contributed by atoms with van der Waals surface area (Å²) in [5, 5.41) is 0.923. The van der Waals surface area contributed by atoms with E-state index in [0.717, 1.165) is 22.1 Å². The van der Waals surface area contributed by atoms with Crippen molar-refractivity contribution >= 4 is 16.9 Å². The van der Waals surface area contributed by atoms with Gasteiger partial charge in [-0.05, 0) is 49.7 Å². The topological polar surface area (TPSA) is 53.8 Å². The van der Waals surface area contributed by atoms with Crippen molar-refractivity contribution < 1.29 is 9.21 Å². The predicted octanol–water partition coefficient (Wildman–Crippen LogP) is 1.93. The van der Waals surface area contributed by atoms with E-state index in [1.165, 1.54) is 6.07 Å². The van der Waals surface area contributed by atoms with E-state index in [1.807, 2.05) is 37.9 Å². The summed E-state index contributed by atoms with van der Waals surface area (Å²) in [5.74, 6) is 0.0294. The first kappa shape index (κ1) is 16.2. The van der Waals surface area contributed by atoms with Gasteiger partial charge in [0.2, 0.25) is 5.91 Å². The highest BCUT2D eigenvalue weighted by Crippen LogP contribution is 2.22. The summed E-state index contributed by atoms with van der Waals surface area (Å²) in [5.41, 5.74) is 3.35. The van der Waals surface area contributed by atoms with Crippen LogP contribution in [0, 0.1) is 13.8 Å². The van der Waals surface area contributed by atoms with Crippen molar-refractivity contribution in [2.45, 2.75) is 20.4 Å². The summed E-state index contributed by atoms with van der Waals surface area (Å²) in [4.78, 5) is 27.0. The van der Waals surface area contributed by atoms with Gasteiger partial charge in [-0.2, -0.15) is 0 Å². The molecule has 118 valence electrons. The average Bonchev–Trinajstić information content (AvgIpc) is 2.40. The number of aryl methyl sites for hydroxylation is 2. The zero-order chi connectivity index (χ0) is 16.4. The van der Waals surface area contributed by atoms with E-state index in [0.29, 0.717) is 18.7 Å². The number of nitrogens with zero attached hydrogens (tertiary/aromatic N) is 2. The minimum absolute atomic E-state index is 0.0294. The third-order valence-electron chi connectivity index (χ3n) is 3.79. The van der Waals surface area contributed by atoms with E-state index < -0.39 is 0 Å². The number of hydrogen-bond donors (Lipinski definition) is 0. The lowest BCUT2D eigenvalue weighted by Gasteiger charge is -2.19. The molecule has 0 unspecified atom stereocenters. The third kappa shape index (κ3) is 3.54. The Kier molecular flexibility index (Phi) is 4.66. The normalized spacial score (nSPS) is 11.2. The molecule has 1 amide bonds. The number of likely N-dealkylation sites (N-methyl/N-ethyl adjacent to an activating group) is 2. The molecule has 0 spiro atoms. The quantitative estimate of drug-likeness (QED) is 0.810. The number of carbonyl (C=O) groups is 1. The average molecular weight is 302 g/mol. The minimum atomic E-state index is -0.363. The molecule has 1 heterocycles. The van der Waals surface area contributed by atoms with Crippen LogP contribution in [0.5, 0.6) is 0 Å². The molecule has 0 aliphatic rings. The fraction of sp³-hybridized carbons (Fsp3) is 0.412. The molecule has 0 saturated carbocycles. The maximum atomic E-state index is 11.8. The summed E-state index contributed by atoms with van der Waals surface area (Å²) < 4.78 is 5.29. The predicted molar refractivity (Wildman–Crippen MR) is 87.0 cm³/mol. The van der Waals surface area contributed by atoms with Crippen LogP contribution in [0.2, 0.25) is 0 Å². The number of carbonyl (C=O) groups excluding carboxylic acids is 1. The number of benzene rings is 1. The third-order valence-corrected chi connectivity index (χ3v) is 3.79. The second kappa shape index (κ2) is 6.32. The monoisotopic (exact) mass is 302 g/mol. The number of rotatable bonds is 4. The molecule has 0 fully saturated rings. The van der Waals surface area contributed by atoms with Gasteiger partial charge >= 0.3 is 5.63 Å². The van der Waals surface area contributed by atoms with Gasteiger partial charge in [0, 0.05) is 32.1 Å². The van der Waals surface area contributed by atoms with Crippen LogP contribution >= 0.6 is 0 Å². The second-order valence-electron chi connectivity index (χ2n) is 5.98. The molecule has 5 nitrogen and oxygen atoms in total. The lowest BCUT2D eigenvalue weighted by atomic mass is 10.0. The van der Waals surface area contributed by atoms with Crippen LogP contribution in [0.4, 0.5) is 0 Å². The molecule has 1 aromatic heterocycles. The fourth-order valence-electron chi connectivity index (χ4n) is 2.33. The Morgan fingerprint density at radius 1 is 1.09 bits per heavy atom. The fourth-order valence-corrected chi connectivity index (χ4v) is 2.33. The first-order valence-electron chi connectivity index (χ1n) is 7.20. The van der Waals surface area contributed by atoms with Crippen LogP contribution in [0.3, 0.4) is 0 Å². The van der Waals surface area contributed by atoms with Crippen molar-refractivity contribution in [1.82, 2.24) is 9.80 Å². The van der Waals surface area contributed by atoms with Crippen LogP contribution in [0.25, 0.3) is 11.0 Å². The molecule has 0 saturated heterocycles. The molecular formula is C17H22N2O3. The smallest absolute Gasteiger partial charge is 0.336 e. The van der Waals surface area contributed by atoms with E-state index in [2.05, 4.69) is 0 Å². The van der Waals surface area contributed by atoms with Gasteiger partial charge in [-0.15, -0.1) is 0 Å². The maximum Gasteiger partial charge on any atom is 0.336 e. The molecule has 5 heteroatoms. The highest BCUT2D eigenvalue weighted by molar-refractivity contribution is 5.82. The van der Waals surface area contributed by atoms with Gasteiger partial charge in [-0.3, -0.25) is 9.69 Å². The van der Waals surface area contributed by atoms with Gasteiger partial charge in [0.15, 0.2) is 0 Å². The SMILES string of the molecule is Cc1cc2oc(=O)cc(CN(C)CC(=O)N(C)C)c2cc1C. The van der Waals surface area contributed by atoms with Crippen LogP contribution in [0.1, 0.15) is 16.7 Å². The highest BCUT2D eigenvalue weighted by atomic mass is 16.4. The van der Waals surface area contributed by atoms with E-state index in [1.54, 1.807) is 19.0 Å². The maximum absolute atomic E-state index is 11.8. The molecule has 0 radical (unpaired) electrons. The zero-order valence-electron chi connectivity index (χ0n) is 13.8. The van der Waals surface area contributed by atoms with Crippen LogP contribution < -0.4 is 5.63 Å². The molecule has 2 rings (SSSR count). The summed E-state index contributed by atoms with van der Waals surface area (Å²) in [6.45, 7) is 4.84. The Morgan fingerprint density at radius 2 is 1.73 bits per heavy atom. The molecule has 0 aliphatic heterocycles. The highest BCUT2D eigenvalue weighted by Gasteiger charge is 2.13. The molecule has 1 aromatic carbocycles. The van der Waals surface area contributed by atoms with Crippen molar-refractivity contribution in [2.75, 3.05) is 27.7 Å². The summed E-state index contributed by atoms with van der Waals surface area (Å²) in [6, 6.07) is 5.43. The van der Waals surface area contributed by atoms with Crippen molar-refractivity contribution in [3.05, 3.63) is 45.3 Å². The van der Waals surface area contributed by atoms with Gasteiger partial charge in [0.05, 0.1) is 6.54 Å². The van der Waals surface area contributed by atoms with E-state index in [9.17, 15) is 9.59 Å². The van der Waals surface area contributed by atoms with Gasteiger partial charge in [-0.1, -0.05) is 0 Å². The second-order valence-corrected chi connectivity index (χ2v) is 5.98. The van der Waals surface area contributed by atoms with Gasteiger partial charge < -0.3 is 9.32 Å². The van der Waals surface area contributed by atoms with Gasteiger partial charge in [0.1, 0.15) is 5.58 Å². The summed E-state index contributed by atoms with van der Waals surface area (Å²) in [6.07, 6.45) is 0. The first-order valence-corrected chi connectivity index (χ1v) is 7.20. The first-order chi connectivity index (χ1) is 10.3. The van der Waals surface area contributed by atoms with Gasteiger partial charge in [-0.25, -0.2) is 4.79 Å². The summed E-state index contributed by atoms with van der Waals surface area (Å²) in [7, 11) is 5.33. The number of fused-ring (bicyclic) bond motifs is 1. The van der Waals surface area contributed by atoms with Crippen molar-refractivity contribution in [3.63, 3.8) is 0 Å². The van der Waals surface area contributed by atoms with Gasteiger partial charge in [0.25, 0.3) is 0 Å². The number of hydrogen-bond acceptors (Lipinski definition) is 4. The Hall–Kier alpha value is -2.14. The molecule has 0 aliphatic carbocycles. The molecule has 0 atom stereocenters. The summed E-state index contributed by atoms with van der Waals surface area (Å²) >= 11 is 0. The standard InChI is InChI=1S/C17H22N2O3/c1-11-6-14-13(9-19(5)10-16(20)18(3)4)8-17(21)22-15(14)7-12(11)2/h6-8H,9-10H2,1-5H3. The molecule has 22 heavy (non-hydrogen) atoms. The van der Waals surface area contributed by atoms with E-state index in [-0.39, 0.29) is 11.5 Å². The Balaban J connectivity index is 2.36. The largest absolute Gasteiger partial charge is 0.423 e. The molecular weight excluding hydrogens is 280 g/mol. The Bertz CT molecular complexity index is 762.